The van der Waals surface area contributed by atoms with Crippen molar-refractivity contribution in [3.63, 3.8) is 0 Å². The number of methoxy groups -OCH3 is 1. The molecule has 0 aromatic carbocycles. The van der Waals surface area contributed by atoms with Crippen molar-refractivity contribution in [3.8, 4) is 0 Å². The Kier molecular flexibility index (Phi) is 4.19. The molecular weight excluding hydrogens is 302 g/mol. The number of ether oxygens (including phenoxy) is 2. The molecule has 1 aliphatic rings. The summed E-state index contributed by atoms with van der Waals surface area (Å²) in [6.07, 6.45) is 3.66. The van der Waals surface area contributed by atoms with Gasteiger partial charge in [0, 0.05) is 17.3 Å². The van der Waals surface area contributed by atoms with Gasteiger partial charge in [0.05, 0.1) is 19.8 Å². The number of pyridine rings is 1. The average Bonchev–Trinajstić information content (AvgIpc) is 2.85. The lowest BCUT2D eigenvalue weighted by molar-refractivity contribution is 0.0595. The number of hydrogen-bond acceptors (Lipinski definition) is 4. The van der Waals surface area contributed by atoms with Gasteiger partial charge in [-0.05, 0) is 34.8 Å². The van der Waals surface area contributed by atoms with Gasteiger partial charge in [0.15, 0.2) is 0 Å². The lowest BCUT2D eigenvalue weighted by Gasteiger charge is -2.13. The number of nitrogens with zero attached hydrogens (tertiary/aromatic N) is 1. The molecule has 1 unspecified atom stereocenters. The van der Waals surface area contributed by atoms with Crippen molar-refractivity contribution >= 4 is 21.9 Å². The van der Waals surface area contributed by atoms with Crippen molar-refractivity contribution in [1.29, 1.82) is 0 Å². The zero-order chi connectivity index (χ0) is 13.1. The molecule has 1 saturated heterocycles. The normalized spacial score (nSPS) is 18.9. The maximum atomic E-state index is 12.1. The molecule has 1 aromatic rings. The van der Waals surface area contributed by atoms with Gasteiger partial charge in [-0.3, -0.25) is 4.79 Å². The van der Waals surface area contributed by atoms with Gasteiger partial charge in [-0.15, -0.1) is 0 Å². The Labute approximate surface area is 113 Å². The number of carbonyl (C=O) groups excluding carboxylic acids is 1. The van der Waals surface area contributed by atoms with E-state index in [1.807, 2.05) is 0 Å². The zero-order valence-electron chi connectivity index (χ0n) is 10.0. The van der Waals surface area contributed by atoms with E-state index in [0.29, 0.717) is 11.0 Å². The Morgan fingerprint density at radius 2 is 2.44 bits per heavy atom. The van der Waals surface area contributed by atoms with Crippen LogP contribution in [0.25, 0.3) is 0 Å². The number of rotatable bonds is 3. The van der Waals surface area contributed by atoms with Gasteiger partial charge in [0.1, 0.15) is 5.56 Å². The van der Waals surface area contributed by atoms with Crippen LogP contribution in [0.15, 0.2) is 21.5 Å². The number of hydrogen-bond donors (Lipinski definition) is 0. The molecule has 1 atom stereocenters. The standard InChI is InChI=1S/C12H14BrNO4/c1-17-12(16)10-5-8(13)6-14(11(10)15)7-9-3-2-4-18-9/h5-6,9H,2-4,7H2,1H3. The molecule has 0 saturated carbocycles. The topological polar surface area (TPSA) is 57.5 Å². The third-order valence-electron chi connectivity index (χ3n) is 2.88. The first-order chi connectivity index (χ1) is 8.61. The monoisotopic (exact) mass is 315 g/mol. The molecule has 18 heavy (non-hydrogen) atoms. The van der Waals surface area contributed by atoms with E-state index < -0.39 is 5.97 Å². The van der Waals surface area contributed by atoms with E-state index in [-0.39, 0.29) is 17.2 Å². The van der Waals surface area contributed by atoms with Gasteiger partial charge in [-0.1, -0.05) is 0 Å². The van der Waals surface area contributed by atoms with Crippen molar-refractivity contribution in [3.05, 3.63) is 32.7 Å². The van der Waals surface area contributed by atoms with Crippen molar-refractivity contribution in [2.45, 2.75) is 25.5 Å². The maximum absolute atomic E-state index is 12.1. The van der Waals surface area contributed by atoms with Crippen LogP contribution in [-0.2, 0) is 16.0 Å². The highest BCUT2D eigenvalue weighted by Gasteiger charge is 2.19. The van der Waals surface area contributed by atoms with Crippen LogP contribution >= 0.6 is 15.9 Å². The van der Waals surface area contributed by atoms with Crippen LogP contribution in [0.3, 0.4) is 0 Å². The minimum Gasteiger partial charge on any atom is -0.465 e. The molecule has 0 bridgehead atoms. The Balaban J connectivity index is 2.32. The van der Waals surface area contributed by atoms with Gasteiger partial charge in [-0.25, -0.2) is 4.79 Å². The SMILES string of the molecule is COC(=O)c1cc(Br)cn(CC2CCCO2)c1=O. The molecule has 0 amide bonds. The highest BCUT2D eigenvalue weighted by atomic mass is 79.9. The first kappa shape index (κ1) is 13.3. The fraction of sp³-hybridized carbons (Fsp3) is 0.500. The summed E-state index contributed by atoms with van der Waals surface area (Å²) >= 11 is 3.29. The number of carbonyl (C=O) groups is 1. The number of aromatic nitrogens is 1. The molecule has 0 N–H and O–H groups in total. The van der Waals surface area contributed by atoms with Gasteiger partial charge in [0.2, 0.25) is 0 Å². The van der Waals surface area contributed by atoms with Crippen LogP contribution < -0.4 is 5.56 Å². The Morgan fingerprint density at radius 3 is 3.06 bits per heavy atom. The largest absolute Gasteiger partial charge is 0.465 e. The second-order valence-electron chi connectivity index (χ2n) is 4.16. The van der Waals surface area contributed by atoms with Crippen molar-refractivity contribution in [2.24, 2.45) is 0 Å². The summed E-state index contributed by atoms with van der Waals surface area (Å²) in [7, 11) is 1.26. The van der Waals surface area contributed by atoms with Crippen molar-refractivity contribution in [2.75, 3.05) is 13.7 Å². The summed E-state index contributed by atoms with van der Waals surface area (Å²) in [5.41, 5.74) is -0.314. The van der Waals surface area contributed by atoms with Crippen LogP contribution in [0.1, 0.15) is 23.2 Å². The van der Waals surface area contributed by atoms with Crippen molar-refractivity contribution < 1.29 is 14.3 Å². The maximum Gasteiger partial charge on any atom is 0.343 e. The molecule has 0 radical (unpaired) electrons. The molecule has 1 aliphatic heterocycles. The van der Waals surface area contributed by atoms with Gasteiger partial charge in [-0.2, -0.15) is 0 Å². The number of esters is 1. The van der Waals surface area contributed by atoms with Crippen LogP contribution in [0.5, 0.6) is 0 Å². The van der Waals surface area contributed by atoms with Gasteiger partial charge < -0.3 is 14.0 Å². The predicted octanol–water partition coefficient (Wildman–Crippen LogP) is 1.58. The highest BCUT2D eigenvalue weighted by molar-refractivity contribution is 9.10. The quantitative estimate of drug-likeness (QED) is 0.795. The predicted molar refractivity (Wildman–Crippen MR) is 68.7 cm³/mol. The Morgan fingerprint density at radius 1 is 1.67 bits per heavy atom. The van der Waals surface area contributed by atoms with E-state index in [2.05, 4.69) is 20.7 Å². The van der Waals surface area contributed by atoms with Crippen LogP contribution in [0.4, 0.5) is 0 Å². The molecule has 2 rings (SSSR count). The summed E-state index contributed by atoms with van der Waals surface area (Å²) in [5.74, 6) is -0.623. The molecule has 2 heterocycles. The third-order valence-corrected chi connectivity index (χ3v) is 3.32. The van der Waals surface area contributed by atoms with E-state index >= 15 is 0 Å². The van der Waals surface area contributed by atoms with E-state index in [1.165, 1.54) is 17.7 Å². The molecule has 5 nitrogen and oxygen atoms in total. The summed E-state index contributed by atoms with van der Waals surface area (Å²) in [5, 5.41) is 0. The molecule has 1 fully saturated rings. The van der Waals surface area contributed by atoms with Crippen molar-refractivity contribution in [1.82, 2.24) is 4.57 Å². The summed E-state index contributed by atoms with van der Waals surface area (Å²) in [6.45, 7) is 1.19. The molecule has 0 spiro atoms. The van der Waals surface area contributed by atoms with E-state index in [4.69, 9.17) is 4.74 Å². The van der Waals surface area contributed by atoms with E-state index in [1.54, 1.807) is 6.20 Å². The summed E-state index contributed by atoms with van der Waals surface area (Å²) < 4.78 is 12.2. The number of halogens is 1. The molecular formula is C12H14BrNO4. The smallest absolute Gasteiger partial charge is 0.343 e. The molecule has 6 heteroatoms. The van der Waals surface area contributed by atoms with Crippen LogP contribution in [0.2, 0.25) is 0 Å². The third kappa shape index (κ3) is 2.81. The van der Waals surface area contributed by atoms with Gasteiger partial charge in [0.25, 0.3) is 5.56 Å². The van der Waals surface area contributed by atoms with Crippen LogP contribution in [-0.4, -0.2) is 30.4 Å². The zero-order valence-corrected chi connectivity index (χ0v) is 11.6. The lowest BCUT2D eigenvalue weighted by atomic mass is 10.2. The fourth-order valence-corrected chi connectivity index (χ4v) is 2.47. The second-order valence-corrected chi connectivity index (χ2v) is 5.07. The highest BCUT2D eigenvalue weighted by Crippen LogP contribution is 2.15. The Bertz CT molecular complexity index is 505. The molecule has 1 aromatic heterocycles. The minimum absolute atomic E-state index is 0.0323. The first-order valence-corrected chi connectivity index (χ1v) is 6.51. The Hall–Kier alpha value is -1.14. The summed E-state index contributed by atoms with van der Waals surface area (Å²) in [4.78, 5) is 23.6. The van der Waals surface area contributed by atoms with Crippen LogP contribution in [0, 0.1) is 0 Å². The second kappa shape index (κ2) is 5.67. The van der Waals surface area contributed by atoms with E-state index in [0.717, 1.165) is 19.4 Å². The molecule has 98 valence electrons. The average molecular weight is 316 g/mol. The fourth-order valence-electron chi connectivity index (χ4n) is 2.00. The summed E-state index contributed by atoms with van der Waals surface area (Å²) in [6, 6.07) is 1.47. The minimum atomic E-state index is -0.623. The molecule has 0 aliphatic carbocycles. The lowest BCUT2D eigenvalue weighted by Crippen LogP contribution is -2.30. The van der Waals surface area contributed by atoms with E-state index in [9.17, 15) is 9.59 Å². The first-order valence-electron chi connectivity index (χ1n) is 5.71. The van der Waals surface area contributed by atoms with Gasteiger partial charge >= 0.3 is 5.97 Å².